The molecule has 3 heterocycles. The number of benzene rings is 1. The van der Waals surface area contributed by atoms with Gasteiger partial charge in [-0.25, -0.2) is 14.2 Å². The minimum absolute atomic E-state index is 0.0521. The zero-order valence-corrected chi connectivity index (χ0v) is 22.1. The summed E-state index contributed by atoms with van der Waals surface area (Å²) in [5, 5.41) is 15.0. The van der Waals surface area contributed by atoms with Crippen molar-refractivity contribution >= 4 is 56.8 Å². The average molecular weight is 584 g/mol. The largest absolute Gasteiger partial charge is 0.481 e. The fourth-order valence-electron chi connectivity index (χ4n) is 4.12. The molecule has 186 valence electrons. The van der Waals surface area contributed by atoms with Crippen LogP contribution < -0.4 is 5.32 Å². The summed E-state index contributed by atoms with van der Waals surface area (Å²) in [6, 6.07) is 3.58. The number of thiazole rings is 1. The highest BCUT2D eigenvalue weighted by molar-refractivity contribution is 9.10. The van der Waals surface area contributed by atoms with Crippen LogP contribution in [0.1, 0.15) is 29.5 Å². The SMILES string of the molecule is COC(=O)C1=C(CN2CCSC[C@H]2CCC(=O)O)NC(c2nccs2)=N[C@H]1c1ccc(F)cc1Br. The van der Waals surface area contributed by atoms with Gasteiger partial charge in [-0.2, -0.15) is 11.8 Å². The molecule has 0 saturated carbocycles. The molecule has 2 aliphatic heterocycles. The highest BCUT2D eigenvalue weighted by atomic mass is 79.9. The summed E-state index contributed by atoms with van der Waals surface area (Å²) in [6.07, 6.45) is 2.27. The minimum atomic E-state index is -0.829. The summed E-state index contributed by atoms with van der Waals surface area (Å²) in [7, 11) is 1.32. The summed E-state index contributed by atoms with van der Waals surface area (Å²) in [5.74, 6) is 0.459. The maximum atomic E-state index is 13.9. The minimum Gasteiger partial charge on any atom is -0.481 e. The molecule has 0 spiro atoms. The standard InChI is InChI=1S/C23H24BrFN4O4S2/c1-33-23(32)19-17(11-29-7-9-34-12-14(29)3-5-18(30)31)27-21(22-26-6-8-35-22)28-20(19)15-4-2-13(25)10-16(15)24/h2,4,6,8,10,14,20H,3,5,7,9,11-12H2,1H3,(H,27,28)(H,30,31)/t14-,20+/m1/s1. The van der Waals surface area contributed by atoms with Crippen molar-refractivity contribution in [2.24, 2.45) is 4.99 Å². The third kappa shape index (κ3) is 6.11. The molecule has 2 atom stereocenters. The lowest BCUT2D eigenvalue weighted by Crippen LogP contribution is -2.47. The number of ether oxygens (including phenoxy) is 1. The Morgan fingerprint density at radius 2 is 2.23 bits per heavy atom. The molecule has 0 unspecified atom stereocenters. The van der Waals surface area contributed by atoms with Crippen LogP contribution in [0.15, 0.2) is 50.5 Å². The summed E-state index contributed by atoms with van der Waals surface area (Å²) in [5.41, 5.74) is 1.57. The van der Waals surface area contributed by atoms with Crippen molar-refractivity contribution < 1.29 is 23.8 Å². The van der Waals surface area contributed by atoms with Crippen molar-refractivity contribution in [2.45, 2.75) is 24.9 Å². The van der Waals surface area contributed by atoms with E-state index in [-0.39, 0.29) is 12.5 Å². The van der Waals surface area contributed by atoms with E-state index < -0.39 is 23.8 Å². The number of nitrogens with zero attached hydrogens (tertiary/aromatic N) is 3. The Kier molecular flexibility index (Phi) is 8.58. The van der Waals surface area contributed by atoms with E-state index in [1.807, 2.05) is 5.38 Å². The molecule has 0 radical (unpaired) electrons. The van der Waals surface area contributed by atoms with Crippen molar-refractivity contribution in [3.05, 3.63) is 61.9 Å². The fraction of sp³-hybridized carbons (Fsp3) is 0.391. The van der Waals surface area contributed by atoms with Gasteiger partial charge in [0.2, 0.25) is 0 Å². The lowest BCUT2D eigenvalue weighted by molar-refractivity contribution is -0.137. The number of carboxylic acids is 1. The zero-order chi connectivity index (χ0) is 24.9. The molecule has 35 heavy (non-hydrogen) atoms. The van der Waals surface area contributed by atoms with Gasteiger partial charge >= 0.3 is 11.9 Å². The molecule has 0 aliphatic carbocycles. The Bertz CT molecular complexity index is 1160. The van der Waals surface area contributed by atoms with Crippen LogP contribution in [0.4, 0.5) is 4.39 Å². The second-order valence-electron chi connectivity index (χ2n) is 8.02. The monoisotopic (exact) mass is 582 g/mol. The van der Waals surface area contributed by atoms with Crippen LogP contribution >= 0.6 is 39.0 Å². The number of carbonyl (C=O) groups excluding carboxylic acids is 1. The molecule has 1 fully saturated rings. The Morgan fingerprint density at radius 1 is 1.40 bits per heavy atom. The van der Waals surface area contributed by atoms with Gasteiger partial charge in [-0.15, -0.1) is 11.3 Å². The number of hydrogen-bond acceptors (Lipinski definition) is 9. The van der Waals surface area contributed by atoms with Crippen LogP contribution in [0.5, 0.6) is 0 Å². The lowest BCUT2D eigenvalue weighted by atomic mass is 9.95. The zero-order valence-electron chi connectivity index (χ0n) is 18.9. The molecule has 0 bridgehead atoms. The first-order valence-corrected chi connectivity index (χ1v) is 13.7. The van der Waals surface area contributed by atoms with Gasteiger partial charge in [-0.3, -0.25) is 14.7 Å². The summed E-state index contributed by atoms with van der Waals surface area (Å²) < 4.78 is 19.5. The van der Waals surface area contributed by atoms with Crippen molar-refractivity contribution in [1.29, 1.82) is 0 Å². The molecule has 2 aliphatic rings. The summed E-state index contributed by atoms with van der Waals surface area (Å²) in [4.78, 5) is 35.6. The first-order valence-electron chi connectivity index (χ1n) is 10.9. The number of rotatable bonds is 8. The third-order valence-corrected chi connectivity index (χ3v) is 8.38. The molecular formula is C23H24BrFN4O4S2. The number of nitrogens with one attached hydrogen (secondary N) is 1. The first kappa shape index (κ1) is 25.8. The Labute approximate surface area is 218 Å². The highest BCUT2D eigenvalue weighted by Crippen LogP contribution is 2.37. The van der Waals surface area contributed by atoms with E-state index in [9.17, 15) is 19.1 Å². The Balaban J connectivity index is 1.76. The molecule has 4 rings (SSSR count). The number of carbonyl (C=O) groups is 2. The molecule has 2 aromatic rings. The maximum absolute atomic E-state index is 13.9. The number of halogens is 2. The van der Waals surface area contributed by atoms with Crippen LogP contribution in [0, 0.1) is 5.82 Å². The number of aliphatic imine (C=N–C) groups is 1. The van der Waals surface area contributed by atoms with Gasteiger partial charge in [0.15, 0.2) is 10.8 Å². The fourth-order valence-corrected chi connectivity index (χ4v) is 6.46. The smallest absolute Gasteiger partial charge is 0.338 e. The number of methoxy groups -OCH3 is 1. The van der Waals surface area contributed by atoms with Gasteiger partial charge < -0.3 is 15.2 Å². The van der Waals surface area contributed by atoms with Gasteiger partial charge in [0.05, 0.1) is 12.7 Å². The maximum Gasteiger partial charge on any atom is 0.338 e. The van der Waals surface area contributed by atoms with Crippen LogP contribution in [-0.4, -0.2) is 70.5 Å². The van der Waals surface area contributed by atoms with Crippen molar-refractivity contribution in [2.75, 3.05) is 31.7 Å². The predicted octanol–water partition coefficient (Wildman–Crippen LogP) is 3.85. The normalized spacial score (nSPS) is 20.8. The summed E-state index contributed by atoms with van der Waals surface area (Å²) >= 11 is 6.63. The molecule has 1 aromatic heterocycles. The van der Waals surface area contributed by atoms with Gasteiger partial charge in [-0.1, -0.05) is 22.0 Å². The van der Waals surface area contributed by atoms with Gasteiger partial charge in [0.25, 0.3) is 0 Å². The van der Waals surface area contributed by atoms with Crippen LogP contribution in [0.2, 0.25) is 0 Å². The molecule has 12 heteroatoms. The van der Waals surface area contributed by atoms with Gasteiger partial charge in [0.1, 0.15) is 11.9 Å². The van der Waals surface area contributed by atoms with E-state index in [2.05, 4.69) is 31.1 Å². The molecule has 1 aromatic carbocycles. The highest BCUT2D eigenvalue weighted by Gasteiger charge is 2.35. The van der Waals surface area contributed by atoms with Crippen LogP contribution in [0.25, 0.3) is 0 Å². The topological polar surface area (TPSA) is 104 Å². The number of carboxylic acid groups (broad SMARTS) is 1. The first-order chi connectivity index (χ1) is 16.9. The van der Waals surface area contributed by atoms with Crippen LogP contribution in [0.3, 0.4) is 0 Å². The Morgan fingerprint density at radius 3 is 2.91 bits per heavy atom. The van der Waals surface area contributed by atoms with E-state index in [1.54, 1.807) is 24.0 Å². The van der Waals surface area contributed by atoms with E-state index in [0.717, 1.165) is 18.1 Å². The second kappa shape index (κ2) is 11.6. The number of aliphatic carboxylic acids is 1. The lowest BCUT2D eigenvalue weighted by Gasteiger charge is -2.37. The summed E-state index contributed by atoms with van der Waals surface area (Å²) in [6.45, 7) is 1.14. The van der Waals surface area contributed by atoms with Gasteiger partial charge in [-0.05, 0) is 24.1 Å². The quantitative estimate of drug-likeness (QED) is 0.452. The average Bonchev–Trinajstić information content (AvgIpc) is 3.38. The third-order valence-electron chi connectivity index (χ3n) is 5.83. The van der Waals surface area contributed by atoms with Gasteiger partial charge in [0, 0.05) is 58.8 Å². The second-order valence-corrected chi connectivity index (χ2v) is 10.9. The van der Waals surface area contributed by atoms with E-state index >= 15 is 0 Å². The molecule has 0 amide bonds. The van der Waals surface area contributed by atoms with Crippen molar-refractivity contribution in [1.82, 2.24) is 15.2 Å². The van der Waals surface area contributed by atoms with E-state index in [0.29, 0.717) is 45.1 Å². The number of aromatic nitrogens is 1. The number of esters is 1. The molecular weight excluding hydrogens is 559 g/mol. The molecule has 1 saturated heterocycles. The van der Waals surface area contributed by atoms with Crippen LogP contribution in [-0.2, 0) is 14.3 Å². The van der Waals surface area contributed by atoms with Crippen molar-refractivity contribution in [3.63, 3.8) is 0 Å². The molecule has 8 nitrogen and oxygen atoms in total. The van der Waals surface area contributed by atoms with E-state index in [4.69, 9.17) is 9.73 Å². The Hall–Kier alpha value is -2.28. The van der Waals surface area contributed by atoms with Crippen molar-refractivity contribution in [3.8, 4) is 0 Å². The predicted molar refractivity (Wildman–Crippen MR) is 137 cm³/mol. The number of hydrogen-bond donors (Lipinski definition) is 2. The number of thioether (sulfide) groups is 1. The van der Waals surface area contributed by atoms with E-state index in [1.165, 1.54) is 30.6 Å². The number of amidine groups is 1. The molecule has 2 N–H and O–H groups in total.